The molecule has 1 aliphatic rings. The van der Waals surface area contributed by atoms with E-state index in [9.17, 15) is 9.59 Å². The number of hydrogen-bond donors (Lipinski definition) is 3. The first-order chi connectivity index (χ1) is 13.7. The van der Waals surface area contributed by atoms with Crippen molar-refractivity contribution in [3.05, 3.63) is 65.6 Å². The molecule has 0 atom stereocenters. The predicted molar refractivity (Wildman–Crippen MR) is 108 cm³/mol. The Hall–Kier alpha value is -3.15. The zero-order chi connectivity index (χ0) is 19.3. The lowest BCUT2D eigenvalue weighted by Gasteiger charge is -2.12. The van der Waals surface area contributed by atoms with Crippen LogP contribution >= 0.6 is 0 Å². The van der Waals surface area contributed by atoms with Crippen molar-refractivity contribution in [2.24, 2.45) is 0 Å². The quantitative estimate of drug-likeness (QED) is 0.617. The van der Waals surface area contributed by atoms with Gasteiger partial charge in [0, 0.05) is 29.7 Å². The summed E-state index contributed by atoms with van der Waals surface area (Å²) in [6.07, 6.45) is 7.02. The fourth-order valence-electron chi connectivity index (χ4n) is 3.76. The third-order valence-electron chi connectivity index (χ3n) is 5.26. The summed E-state index contributed by atoms with van der Waals surface area (Å²) in [5.74, 6) is -0.476. The summed E-state index contributed by atoms with van der Waals surface area (Å²) in [5, 5.41) is 7.06. The maximum absolute atomic E-state index is 12.4. The van der Waals surface area contributed by atoms with E-state index in [4.69, 9.17) is 0 Å². The minimum atomic E-state index is -0.268. The van der Waals surface area contributed by atoms with Crippen LogP contribution < -0.4 is 10.6 Å². The number of para-hydroxylation sites is 1. The van der Waals surface area contributed by atoms with Crippen molar-refractivity contribution in [2.45, 2.75) is 38.1 Å². The molecule has 3 N–H and O–H groups in total. The number of carbonyl (C=O) groups excluding carboxylic acids is 2. The summed E-state index contributed by atoms with van der Waals surface area (Å²) < 4.78 is 0. The molecule has 2 aromatic heterocycles. The molecular weight excluding hydrogens is 352 g/mol. The largest absolute Gasteiger partial charge is 0.361 e. The Morgan fingerprint density at radius 3 is 2.57 bits per heavy atom. The van der Waals surface area contributed by atoms with Crippen LogP contribution in [0, 0.1) is 0 Å². The van der Waals surface area contributed by atoms with E-state index in [0.29, 0.717) is 6.54 Å². The van der Waals surface area contributed by atoms with Gasteiger partial charge in [0.1, 0.15) is 11.4 Å². The Morgan fingerprint density at radius 1 is 1.00 bits per heavy atom. The van der Waals surface area contributed by atoms with Gasteiger partial charge in [-0.05, 0) is 43.0 Å². The van der Waals surface area contributed by atoms with E-state index in [-0.39, 0.29) is 29.2 Å². The number of hydrogen-bond acceptors (Lipinski definition) is 3. The van der Waals surface area contributed by atoms with Crippen molar-refractivity contribution in [2.75, 3.05) is 6.54 Å². The highest BCUT2D eigenvalue weighted by atomic mass is 16.2. The molecule has 0 radical (unpaired) electrons. The van der Waals surface area contributed by atoms with Crippen LogP contribution in [0.1, 0.15) is 52.2 Å². The van der Waals surface area contributed by atoms with E-state index < -0.39 is 0 Å². The van der Waals surface area contributed by atoms with Gasteiger partial charge in [-0.15, -0.1) is 0 Å². The standard InChI is InChI=1S/C22H24N4O2/c27-21(23-13-12-15-14-24-18-9-4-3-8-17(15)18)19-10-5-11-20(26-19)22(28)25-16-6-1-2-7-16/h3-5,8-11,14,16,24H,1-2,6-7,12-13H2,(H,23,27)(H,25,28). The molecule has 0 spiro atoms. The summed E-state index contributed by atoms with van der Waals surface area (Å²) in [5.41, 5.74) is 2.80. The lowest BCUT2D eigenvalue weighted by Crippen LogP contribution is -2.34. The smallest absolute Gasteiger partial charge is 0.270 e. The minimum absolute atomic E-state index is 0.208. The van der Waals surface area contributed by atoms with Gasteiger partial charge in [0.2, 0.25) is 0 Å². The second-order valence-electron chi connectivity index (χ2n) is 7.23. The molecule has 1 aromatic carbocycles. The number of amides is 2. The number of fused-ring (bicyclic) bond motifs is 1. The molecule has 0 bridgehead atoms. The maximum atomic E-state index is 12.4. The van der Waals surface area contributed by atoms with Crippen molar-refractivity contribution in [3.63, 3.8) is 0 Å². The van der Waals surface area contributed by atoms with Gasteiger partial charge in [-0.3, -0.25) is 9.59 Å². The number of aromatic amines is 1. The third-order valence-corrected chi connectivity index (χ3v) is 5.26. The van der Waals surface area contributed by atoms with Gasteiger partial charge in [0.05, 0.1) is 0 Å². The highest BCUT2D eigenvalue weighted by molar-refractivity contribution is 5.96. The Labute approximate surface area is 163 Å². The van der Waals surface area contributed by atoms with Crippen molar-refractivity contribution in [3.8, 4) is 0 Å². The van der Waals surface area contributed by atoms with Crippen molar-refractivity contribution < 1.29 is 9.59 Å². The number of aromatic nitrogens is 2. The average molecular weight is 376 g/mol. The molecule has 2 amide bonds. The van der Waals surface area contributed by atoms with Crippen LogP contribution in [0.25, 0.3) is 10.9 Å². The van der Waals surface area contributed by atoms with Crippen LogP contribution in [0.2, 0.25) is 0 Å². The second-order valence-corrected chi connectivity index (χ2v) is 7.23. The molecule has 6 nitrogen and oxygen atoms in total. The fraction of sp³-hybridized carbons (Fsp3) is 0.318. The molecule has 0 saturated heterocycles. The molecule has 4 rings (SSSR count). The van der Waals surface area contributed by atoms with E-state index >= 15 is 0 Å². The Bertz CT molecular complexity index is 989. The second kappa shape index (κ2) is 8.25. The Morgan fingerprint density at radius 2 is 1.75 bits per heavy atom. The number of benzene rings is 1. The van der Waals surface area contributed by atoms with E-state index in [1.807, 2.05) is 24.4 Å². The molecule has 1 saturated carbocycles. The molecule has 1 fully saturated rings. The van der Waals surface area contributed by atoms with Gasteiger partial charge >= 0.3 is 0 Å². The average Bonchev–Trinajstić information content (AvgIpc) is 3.38. The highest BCUT2D eigenvalue weighted by Crippen LogP contribution is 2.18. The van der Waals surface area contributed by atoms with Gasteiger partial charge in [-0.1, -0.05) is 37.1 Å². The zero-order valence-electron chi connectivity index (χ0n) is 15.7. The molecule has 3 aromatic rings. The topological polar surface area (TPSA) is 86.9 Å². The Balaban J connectivity index is 1.34. The summed E-state index contributed by atoms with van der Waals surface area (Å²) >= 11 is 0. The molecule has 28 heavy (non-hydrogen) atoms. The zero-order valence-corrected chi connectivity index (χ0v) is 15.7. The lowest BCUT2D eigenvalue weighted by atomic mass is 10.1. The molecule has 6 heteroatoms. The number of nitrogens with one attached hydrogen (secondary N) is 3. The van der Waals surface area contributed by atoms with Crippen LogP contribution in [0.4, 0.5) is 0 Å². The van der Waals surface area contributed by atoms with E-state index in [2.05, 4.69) is 26.7 Å². The molecule has 1 aliphatic carbocycles. The van der Waals surface area contributed by atoms with E-state index in [1.165, 1.54) is 5.39 Å². The SMILES string of the molecule is O=C(NCCc1c[nH]c2ccccc12)c1cccc(C(=O)NC2CCCC2)n1. The van der Waals surface area contributed by atoms with Crippen LogP contribution in [-0.2, 0) is 6.42 Å². The first kappa shape index (κ1) is 18.2. The van der Waals surface area contributed by atoms with Crippen LogP contribution in [-0.4, -0.2) is 34.4 Å². The summed E-state index contributed by atoms with van der Waals surface area (Å²) in [7, 11) is 0. The first-order valence-electron chi connectivity index (χ1n) is 9.82. The van der Waals surface area contributed by atoms with Crippen LogP contribution in [0.3, 0.4) is 0 Å². The Kier molecular flexibility index (Phi) is 5.37. The van der Waals surface area contributed by atoms with E-state index in [0.717, 1.165) is 43.2 Å². The molecule has 2 heterocycles. The maximum Gasteiger partial charge on any atom is 0.270 e. The number of rotatable bonds is 6. The van der Waals surface area contributed by atoms with Gasteiger partial charge in [0.25, 0.3) is 11.8 Å². The van der Waals surface area contributed by atoms with Crippen molar-refractivity contribution >= 4 is 22.7 Å². The first-order valence-corrected chi connectivity index (χ1v) is 9.82. The predicted octanol–water partition coefficient (Wildman–Crippen LogP) is 3.21. The number of pyridine rings is 1. The number of H-pyrrole nitrogens is 1. The van der Waals surface area contributed by atoms with E-state index in [1.54, 1.807) is 18.2 Å². The van der Waals surface area contributed by atoms with Gasteiger partial charge < -0.3 is 15.6 Å². The highest BCUT2D eigenvalue weighted by Gasteiger charge is 2.19. The van der Waals surface area contributed by atoms with Gasteiger partial charge in [-0.2, -0.15) is 0 Å². The number of carbonyl (C=O) groups is 2. The lowest BCUT2D eigenvalue weighted by molar-refractivity contribution is 0.0932. The normalized spacial score (nSPS) is 14.3. The summed E-state index contributed by atoms with van der Waals surface area (Å²) in [6.45, 7) is 0.501. The molecular formula is C22H24N4O2. The van der Waals surface area contributed by atoms with Gasteiger partial charge in [0.15, 0.2) is 0 Å². The molecule has 0 unspecified atom stereocenters. The monoisotopic (exact) mass is 376 g/mol. The van der Waals surface area contributed by atoms with Gasteiger partial charge in [-0.25, -0.2) is 4.98 Å². The number of nitrogens with zero attached hydrogens (tertiary/aromatic N) is 1. The fourth-order valence-corrected chi connectivity index (χ4v) is 3.76. The van der Waals surface area contributed by atoms with Crippen molar-refractivity contribution in [1.29, 1.82) is 0 Å². The third kappa shape index (κ3) is 4.06. The minimum Gasteiger partial charge on any atom is -0.361 e. The summed E-state index contributed by atoms with van der Waals surface area (Å²) in [6, 6.07) is 13.3. The molecule has 0 aliphatic heterocycles. The van der Waals surface area contributed by atoms with Crippen molar-refractivity contribution in [1.82, 2.24) is 20.6 Å². The summed E-state index contributed by atoms with van der Waals surface area (Å²) in [4.78, 5) is 32.3. The van der Waals surface area contributed by atoms with Crippen LogP contribution in [0.5, 0.6) is 0 Å². The molecule has 144 valence electrons. The van der Waals surface area contributed by atoms with Crippen LogP contribution in [0.15, 0.2) is 48.7 Å².